The summed E-state index contributed by atoms with van der Waals surface area (Å²) in [5.74, 6) is 0. The molecule has 2 rings (SSSR count). The summed E-state index contributed by atoms with van der Waals surface area (Å²) in [6.07, 6.45) is 1.71. The van der Waals surface area contributed by atoms with E-state index in [4.69, 9.17) is 10.5 Å². The fraction of sp³-hybridized carbons (Fsp3) is 0.571. The van der Waals surface area contributed by atoms with Crippen molar-refractivity contribution in [3.05, 3.63) is 28.2 Å². The van der Waals surface area contributed by atoms with Gasteiger partial charge in [-0.15, -0.1) is 0 Å². The zero-order chi connectivity index (χ0) is 15.5. The topological polar surface area (TPSA) is 72.6 Å². The third kappa shape index (κ3) is 3.84. The molecule has 1 aliphatic heterocycles. The fourth-order valence-corrected chi connectivity index (χ4v) is 4.99. The summed E-state index contributed by atoms with van der Waals surface area (Å²) in [7, 11) is -3.53. The molecule has 1 fully saturated rings. The Balaban J connectivity index is 2.29. The number of nitrogens with zero attached hydrogens (tertiary/aromatic N) is 1. The summed E-state index contributed by atoms with van der Waals surface area (Å²) >= 11 is 3.33. The van der Waals surface area contributed by atoms with Crippen LogP contribution in [0.1, 0.15) is 25.3 Å². The first kappa shape index (κ1) is 16.9. The van der Waals surface area contributed by atoms with Gasteiger partial charge in [0.25, 0.3) is 0 Å². The van der Waals surface area contributed by atoms with Gasteiger partial charge in [-0.3, -0.25) is 0 Å². The molecule has 1 aromatic carbocycles. The number of ether oxygens (including phenoxy) is 1. The first-order valence-corrected chi connectivity index (χ1v) is 9.32. The van der Waals surface area contributed by atoms with Crippen molar-refractivity contribution in [3.8, 4) is 0 Å². The van der Waals surface area contributed by atoms with Gasteiger partial charge in [0.2, 0.25) is 10.0 Å². The van der Waals surface area contributed by atoms with Crippen LogP contribution in [0, 0.1) is 0 Å². The molecule has 0 spiro atoms. The molecule has 118 valence electrons. The van der Waals surface area contributed by atoms with Crippen molar-refractivity contribution in [1.29, 1.82) is 0 Å². The molecule has 0 amide bonds. The molecule has 0 radical (unpaired) electrons. The predicted molar refractivity (Wildman–Crippen MR) is 85.4 cm³/mol. The molecule has 1 unspecified atom stereocenters. The second kappa shape index (κ2) is 7.19. The van der Waals surface area contributed by atoms with Crippen LogP contribution < -0.4 is 5.73 Å². The Morgan fingerprint density at radius 2 is 2.24 bits per heavy atom. The fourth-order valence-electron chi connectivity index (χ4n) is 2.51. The maximum atomic E-state index is 12.8. The van der Waals surface area contributed by atoms with E-state index in [1.807, 2.05) is 13.0 Å². The van der Waals surface area contributed by atoms with E-state index in [-0.39, 0.29) is 11.0 Å². The first-order chi connectivity index (χ1) is 9.98. The summed E-state index contributed by atoms with van der Waals surface area (Å²) in [5.41, 5.74) is 6.41. The molecule has 1 saturated heterocycles. The van der Waals surface area contributed by atoms with Crippen molar-refractivity contribution in [3.63, 3.8) is 0 Å². The average Bonchev–Trinajstić information content (AvgIpc) is 2.48. The van der Waals surface area contributed by atoms with Gasteiger partial charge in [-0.2, -0.15) is 4.31 Å². The van der Waals surface area contributed by atoms with Gasteiger partial charge < -0.3 is 10.5 Å². The molecule has 1 atom stereocenters. The quantitative estimate of drug-likeness (QED) is 0.853. The zero-order valence-corrected chi connectivity index (χ0v) is 14.5. The normalized spacial score (nSPS) is 20.6. The van der Waals surface area contributed by atoms with Gasteiger partial charge in [0.05, 0.1) is 11.0 Å². The average molecular weight is 377 g/mol. The van der Waals surface area contributed by atoms with Gasteiger partial charge in [0, 0.05) is 30.7 Å². The Kier molecular flexibility index (Phi) is 5.79. The first-order valence-electron chi connectivity index (χ1n) is 7.09. The van der Waals surface area contributed by atoms with Gasteiger partial charge >= 0.3 is 0 Å². The Labute approximate surface area is 134 Å². The molecule has 0 aromatic heterocycles. The second-order valence-electron chi connectivity index (χ2n) is 5.05. The van der Waals surface area contributed by atoms with Crippen molar-refractivity contribution < 1.29 is 13.2 Å². The van der Waals surface area contributed by atoms with Crippen molar-refractivity contribution in [2.24, 2.45) is 5.73 Å². The number of halogens is 1. The summed E-state index contributed by atoms with van der Waals surface area (Å²) in [5, 5.41) is 0. The maximum Gasteiger partial charge on any atom is 0.244 e. The molecule has 5 nitrogen and oxygen atoms in total. The molecule has 1 heterocycles. The smallest absolute Gasteiger partial charge is 0.244 e. The number of nitrogens with two attached hydrogens (primary N) is 1. The lowest BCUT2D eigenvalue weighted by Crippen LogP contribution is -2.43. The number of benzene rings is 1. The van der Waals surface area contributed by atoms with E-state index in [1.165, 1.54) is 4.31 Å². The minimum atomic E-state index is -3.53. The van der Waals surface area contributed by atoms with Gasteiger partial charge in [0.15, 0.2) is 0 Å². The van der Waals surface area contributed by atoms with Crippen LogP contribution >= 0.6 is 15.9 Å². The van der Waals surface area contributed by atoms with E-state index in [1.54, 1.807) is 12.1 Å². The lowest BCUT2D eigenvalue weighted by molar-refractivity contribution is 0.0265. The Morgan fingerprint density at radius 1 is 1.48 bits per heavy atom. The largest absolute Gasteiger partial charge is 0.377 e. The predicted octanol–water partition coefficient (Wildman–Crippen LogP) is 2.10. The Bertz CT molecular complexity index is 590. The lowest BCUT2D eigenvalue weighted by Gasteiger charge is -2.32. The highest BCUT2D eigenvalue weighted by Gasteiger charge is 2.31. The third-order valence-electron chi connectivity index (χ3n) is 3.59. The number of piperidine rings is 1. The van der Waals surface area contributed by atoms with E-state index >= 15 is 0 Å². The molecular formula is C14H21BrN2O3S. The molecular weight excluding hydrogens is 356 g/mol. The standard InChI is InChI=1S/C14H21BrN2O3S/c1-2-20-12-4-3-7-17(10-12)21(18,19)14-8-11(9-16)5-6-13(14)15/h5-6,8,12H,2-4,7,9-10,16H2,1H3. The minimum absolute atomic E-state index is 0.0185. The maximum absolute atomic E-state index is 12.8. The molecule has 0 aliphatic carbocycles. The van der Waals surface area contributed by atoms with Crippen molar-refractivity contribution in [2.75, 3.05) is 19.7 Å². The lowest BCUT2D eigenvalue weighted by atomic mass is 10.1. The van der Waals surface area contributed by atoms with Gasteiger partial charge in [-0.05, 0) is 53.4 Å². The number of sulfonamides is 1. The van der Waals surface area contributed by atoms with Gasteiger partial charge in [0.1, 0.15) is 0 Å². The van der Waals surface area contributed by atoms with Crippen molar-refractivity contribution in [1.82, 2.24) is 4.31 Å². The van der Waals surface area contributed by atoms with Crippen LogP contribution in [0.25, 0.3) is 0 Å². The van der Waals surface area contributed by atoms with E-state index in [2.05, 4.69) is 15.9 Å². The van der Waals surface area contributed by atoms with Crippen LogP contribution in [0.3, 0.4) is 0 Å². The molecule has 1 aromatic rings. The summed E-state index contributed by atoms with van der Waals surface area (Å²) < 4.78 is 33.3. The van der Waals surface area contributed by atoms with E-state index < -0.39 is 10.0 Å². The van der Waals surface area contributed by atoms with Gasteiger partial charge in [-0.1, -0.05) is 6.07 Å². The highest BCUT2D eigenvalue weighted by atomic mass is 79.9. The number of hydrogen-bond acceptors (Lipinski definition) is 4. The molecule has 2 N–H and O–H groups in total. The summed E-state index contributed by atoms with van der Waals surface area (Å²) in [6, 6.07) is 5.20. The number of hydrogen-bond donors (Lipinski definition) is 1. The van der Waals surface area contributed by atoms with Gasteiger partial charge in [-0.25, -0.2) is 8.42 Å². The Hall–Kier alpha value is -0.470. The highest BCUT2D eigenvalue weighted by molar-refractivity contribution is 9.10. The molecule has 0 bridgehead atoms. The molecule has 0 saturated carbocycles. The third-order valence-corrected chi connectivity index (χ3v) is 6.45. The molecule has 1 aliphatic rings. The van der Waals surface area contributed by atoms with Crippen molar-refractivity contribution >= 4 is 26.0 Å². The summed E-state index contributed by atoms with van der Waals surface area (Å²) in [4.78, 5) is 0.280. The van der Waals surface area contributed by atoms with Crippen LogP contribution in [0.2, 0.25) is 0 Å². The monoisotopic (exact) mass is 376 g/mol. The van der Waals surface area contributed by atoms with E-state index in [9.17, 15) is 8.42 Å². The zero-order valence-electron chi connectivity index (χ0n) is 12.1. The SMILES string of the molecule is CCOC1CCCN(S(=O)(=O)c2cc(CN)ccc2Br)C1. The van der Waals surface area contributed by atoms with Crippen LogP contribution in [0.15, 0.2) is 27.6 Å². The summed E-state index contributed by atoms with van der Waals surface area (Å²) in [6.45, 7) is 3.79. The molecule has 21 heavy (non-hydrogen) atoms. The van der Waals surface area contributed by atoms with E-state index in [0.717, 1.165) is 18.4 Å². The van der Waals surface area contributed by atoms with Crippen LogP contribution in [-0.2, 0) is 21.3 Å². The van der Waals surface area contributed by atoms with Crippen LogP contribution in [0.4, 0.5) is 0 Å². The Morgan fingerprint density at radius 3 is 2.90 bits per heavy atom. The van der Waals surface area contributed by atoms with E-state index in [0.29, 0.717) is 30.7 Å². The number of rotatable bonds is 5. The van der Waals surface area contributed by atoms with Crippen LogP contribution in [0.5, 0.6) is 0 Å². The minimum Gasteiger partial charge on any atom is -0.377 e. The van der Waals surface area contributed by atoms with Crippen molar-refractivity contribution in [2.45, 2.75) is 37.3 Å². The second-order valence-corrected chi connectivity index (χ2v) is 7.81. The van der Waals surface area contributed by atoms with Crippen LogP contribution in [-0.4, -0.2) is 38.5 Å². The molecule has 7 heteroatoms. The highest BCUT2D eigenvalue weighted by Crippen LogP contribution is 2.28.